The molecule has 29 heteroatoms. The average Bonchev–Trinajstić information content (AvgIpc) is 1.15. The topological polar surface area (TPSA) is 456 Å². The number of carboxylic acids is 6. The number of amides is 3. The third kappa shape index (κ3) is 47.7. The molecule has 3 aliphatic rings. The molecule has 0 radical (unpaired) electrons. The van der Waals surface area contributed by atoms with Gasteiger partial charge in [-0.15, -0.1) is 14.3 Å². The summed E-state index contributed by atoms with van der Waals surface area (Å²) in [7, 11) is 8.01. The van der Waals surface area contributed by atoms with Gasteiger partial charge in [-0.2, -0.15) is 0 Å². The number of rotatable bonds is 54. The number of hydrogen-bond acceptors (Lipinski definition) is 20. The zero-order valence-corrected chi connectivity index (χ0v) is 83.8. The van der Waals surface area contributed by atoms with Crippen LogP contribution in [0.1, 0.15) is 301 Å². The molecule has 9 rings (SSSR count). The molecule has 0 bridgehead atoms. The van der Waals surface area contributed by atoms with Crippen molar-refractivity contribution in [3.63, 3.8) is 0 Å². The van der Waals surface area contributed by atoms with Gasteiger partial charge in [-0.3, -0.25) is 34.2 Å². The van der Waals surface area contributed by atoms with Gasteiger partial charge in [0.1, 0.15) is 25.1 Å². The first-order chi connectivity index (χ1) is 66.1. The number of aryl methyl sites for hydroxylation is 2. The first-order valence-electron chi connectivity index (χ1n) is 49.4. The molecule has 12 N–H and O–H groups in total. The lowest BCUT2D eigenvalue weighted by molar-refractivity contribution is -0.737. The maximum absolute atomic E-state index is 11.7. The van der Waals surface area contributed by atoms with Crippen LogP contribution in [0.25, 0.3) is 11.6 Å². The minimum absolute atomic E-state index is 0.0430. The molecule has 3 unspecified atom stereocenters. The number of fused-ring (bicyclic) bond motifs is 2. The number of nitrogens with zero attached hydrogens (tertiary/aromatic N) is 7. The SMILES string of the molecule is CC1=CC(=C(c2ccc(N)c(C)c2)c2ccc(N)c(C)c2)C=CC1=[NH2+].CCCCCCCCCCCC(=O)NC(CCC(=O)O)C(=O)[O-].CCCCCCCCCCCC(=O)NC(CCC(=O)O)C(=O)[O-].CCCCCCCCCCCC(=O)NC(CCC(=O)O)C(=O)[O-].CCN(CC)c1ccc2c(c1)Oc1c/c(=C/c3ccccc3)ccc1=N2.CN(C)c1ccc(N=NC2[N+](C)=CC=[N+]2C)cc1. The van der Waals surface area contributed by atoms with E-state index in [2.05, 4.69) is 149 Å². The molecule has 752 valence electrons. The fourth-order valence-corrected chi connectivity index (χ4v) is 15.1. The Hall–Kier alpha value is -13.0. The number of azo groups is 1. The lowest BCUT2D eigenvalue weighted by atomic mass is 9.88. The fraction of sp³-hybridized carbons (Fsp3) is 0.495. The van der Waals surface area contributed by atoms with Crippen LogP contribution in [-0.2, 0) is 43.2 Å². The van der Waals surface area contributed by atoms with Crippen LogP contribution in [0.2, 0.25) is 0 Å². The highest BCUT2D eigenvalue weighted by Crippen LogP contribution is 2.38. The van der Waals surface area contributed by atoms with E-state index in [1.54, 1.807) is 0 Å². The van der Waals surface area contributed by atoms with E-state index in [0.29, 0.717) is 0 Å². The molecule has 3 amide bonds. The van der Waals surface area contributed by atoms with Crippen molar-refractivity contribution in [3.05, 3.63) is 195 Å². The van der Waals surface area contributed by atoms with E-state index in [9.17, 15) is 58.5 Å². The average molecular weight is 1900 g/mol. The Balaban J connectivity index is 0.000000347. The zero-order valence-electron chi connectivity index (χ0n) is 83.8. The van der Waals surface area contributed by atoms with Crippen LogP contribution in [0.5, 0.6) is 11.5 Å². The van der Waals surface area contributed by atoms with Gasteiger partial charge < -0.3 is 87.0 Å². The Bertz CT molecular complexity index is 4920. The third-order valence-corrected chi connectivity index (χ3v) is 23.6. The molecule has 0 spiro atoms. The Labute approximate surface area is 817 Å². The van der Waals surface area contributed by atoms with Crippen molar-refractivity contribution >= 4 is 117 Å². The van der Waals surface area contributed by atoms with Crippen molar-refractivity contribution in [2.24, 2.45) is 15.2 Å². The molecule has 0 saturated heterocycles. The summed E-state index contributed by atoms with van der Waals surface area (Å²) < 4.78 is 10.2. The van der Waals surface area contributed by atoms with Crippen LogP contribution in [0.3, 0.4) is 0 Å². The highest BCUT2D eigenvalue weighted by atomic mass is 16.5. The first-order valence-corrected chi connectivity index (χ1v) is 49.4. The van der Waals surface area contributed by atoms with E-state index in [0.717, 1.165) is 166 Å². The van der Waals surface area contributed by atoms with Gasteiger partial charge >= 0.3 is 24.2 Å². The highest BCUT2D eigenvalue weighted by molar-refractivity contribution is 6.11. The number of aliphatic carboxylic acids is 6. The maximum Gasteiger partial charge on any atom is 0.464 e. The smallest absolute Gasteiger partial charge is 0.464 e. The number of ether oxygens (including phenoxy) is 1. The number of benzene rings is 6. The number of nitrogens with one attached hydrogen (secondary N) is 3. The second-order valence-corrected chi connectivity index (χ2v) is 35.4. The second-order valence-electron chi connectivity index (χ2n) is 35.4. The van der Waals surface area contributed by atoms with Gasteiger partial charge in [-0.25, -0.2) is 4.99 Å². The number of carbonyl (C=O) groups excluding carboxylic acids is 6. The van der Waals surface area contributed by atoms with Gasteiger partial charge in [0.15, 0.2) is 17.2 Å². The lowest BCUT2D eigenvalue weighted by Crippen LogP contribution is -2.48. The zero-order chi connectivity index (χ0) is 102. The number of nitrogens with two attached hydrogens (primary N) is 3. The van der Waals surface area contributed by atoms with Crippen LogP contribution in [-0.4, -0.2) is 162 Å². The van der Waals surface area contributed by atoms with Crippen LogP contribution in [0, 0.1) is 13.8 Å². The monoisotopic (exact) mass is 1900 g/mol. The fourth-order valence-electron chi connectivity index (χ4n) is 15.1. The summed E-state index contributed by atoms with van der Waals surface area (Å²) in [5, 5.41) is 81.8. The van der Waals surface area contributed by atoms with Gasteiger partial charge in [-0.1, -0.05) is 223 Å². The van der Waals surface area contributed by atoms with E-state index in [1.807, 2.05) is 143 Å². The van der Waals surface area contributed by atoms with E-state index in [4.69, 9.17) is 41.9 Å². The number of carboxylic acid groups (broad SMARTS) is 6. The standard InChI is InChI=1S/C23H22N2O.C22H23N3.3C17H31NO5.C13H19N5/c1-3-25(4-2)19-11-13-21-23(16-19)26-22-15-18(10-12-20(22)24-21)14-17-8-6-5-7-9-17;1-13-10-16(4-7-19(13)23)22(17-5-8-20(24)14(2)11-17)18-6-9-21(25)15(3)12-18;3*1-2-3-4-5-6-7-8-9-10-11-15(19)18-14(17(22)23)12-13-16(20)21;1-16(2)12-7-5-11(6-8-12)14-15-13-17(3)9-10-18(13)4/h5-16H,3-4H2,1-2H3;4-12,23H,24-25H2,1-3H3;3*14H,2-13H2,1H3,(H,18,19)(H,20,21)(H,22,23);5-10,13H,1-4H3/q;;;;;+2/p-2/b18-14+;;;;;. The highest BCUT2D eigenvalue weighted by Gasteiger charge is 2.30. The van der Waals surface area contributed by atoms with E-state index < -0.39 is 53.9 Å². The van der Waals surface area contributed by atoms with Crippen molar-refractivity contribution in [1.29, 1.82) is 0 Å². The number of allylic oxidation sites excluding steroid dienone is 5. The molecule has 6 aromatic carbocycles. The van der Waals surface area contributed by atoms with Crippen LogP contribution >= 0.6 is 0 Å². The number of carbonyl (C=O) groups is 9. The van der Waals surface area contributed by atoms with Crippen molar-refractivity contribution < 1.29 is 93.1 Å². The number of nitrogen functional groups attached to an aromatic ring is 2. The molecule has 1 aliphatic carbocycles. The van der Waals surface area contributed by atoms with Gasteiger partial charge in [-0.05, 0) is 213 Å². The van der Waals surface area contributed by atoms with Gasteiger partial charge in [0.25, 0.3) is 0 Å². The quantitative estimate of drug-likeness (QED) is 0.00740. The molecule has 0 saturated carbocycles. The normalized spacial score (nSPS) is 12.9. The molecule has 0 aromatic heterocycles. The van der Waals surface area contributed by atoms with Crippen molar-refractivity contribution in [2.45, 2.75) is 311 Å². The van der Waals surface area contributed by atoms with Gasteiger partial charge in [0, 0.05) is 106 Å². The summed E-state index contributed by atoms with van der Waals surface area (Å²) in [5.74, 6) is -7.03. The van der Waals surface area contributed by atoms with E-state index >= 15 is 0 Å². The Morgan fingerprint density at radius 2 is 0.884 bits per heavy atom. The maximum atomic E-state index is 11.7. The summed E-state index contributed by atoms with van der Waals surface area (Å²) in [6.45, 7) is 18.9. The summed E-state index contributed by atoms with van der Waals surface area (Å²) >= 11 is 0. The summed E-state index contributed by atoms with van der Waals surface area (Å²) in [5.41, 5.74) is 27.4. The molecule has 2 aliphatic heterocycles. The first kappa shape index (κ1) is 117. The summed E-state index contributed by atoms with van der Waals surface area (Å²) in [4.78, 5) is 108. The summed E-state index contributed by atoms with van der Waals surface area (Å²) in [6, 6.07) is 39.3. The molecule has 3 atom stereocenters. The Morgan fingerprint density at radius 3 is 1.25 bits per heavy atom. The lowest BCUT2D eigenvalue weighted by Gasteiger charge is -2.23. The molecular weight excluding hydrogens is 1750 g/mol. The third-order valence-electron chi connectivity index (χ3n) is 23.6. The number of anilines is 4. The number of unbranched alkanes of at least 4 members (excludes halogenated alkanes) is 24. The van der Waals surface area contributed by atoms with E-state index in [1.165, 1.54) is 127 Å². The second kappa shape index (κ2) is 67.3. The molecule has 2 heterocycles. The minimum atomic E-state index is -1.44. The van der Waals surface area contributed by atoms with Crippen molar-refractivity contribution in [3.8, 4) is 11.5 Å². The molecule has 29 nitrogen and oxygen atoms in total. The number of hydrogen-bond donors (Lipinski definition) is 9. The minimum Gasteiger partial charge on any atom is -0.548 e. The summed E-state index contributed by atoms with van der Waals surface area (Å²) in [6.07, 6.45) is 42.4. The molecule has 0 fully saturated rings. The van der Waals surface area contributed by atoms with Gasteiger partial charge in [0.05, 0.1) is 41.7 Å². The predicted octanol–water partition coefficient (Wildman–Crippen LogP) is 15.0. The molecular formula is C109H155N13O16. The Morgan fingerprint density at radius 1 is 0.486 bits per heavy atom. The van der Waals surface area contributed by atoms with Crippen molar-refractivity contribution in [2.75, 3.05) is 62.5 Å². The van der Waals surface area contributed by atoms with Gasteiger partial charge in [0.2, 0.25) is 30.2 Å². The Kier molecular flexibility index (Phi) is 57.2. The van der Waals surface area contributed by atoms with E-state index in [-0.39, 0.29) is 81.8 Å². The van der Waals surface area contributed by atoms with Crippen molar-refractivity contribution in [1.82, 2.24) is 16.0 Å². The molecule has 6 aromatic rings. The van der Waals surface area contributed by atoms with Crippen LogP contribution < -0.4 is 73.3 Å². The van der Waals surface area contributed by atoms with Crippen LogP contribution in [0.4, 0.5) is 34.1 Å². The predicted molar refractivity (Wildman–Crippen MR) is 545 cm³/mol. The van der Waals surface area contributed by atoms with Crippen LogP contribution in [0.15, 0.2) is 172 Å². The molecule has 138 heavy (non-hydrogen) atoms. The largest absolute Gasteiger partial charge is 0.548 e.